The third-order valence-corrected chi connectivity index (χ3v) is 13.0. The maximum Gasteiger partial charge on any atom is 0.422 e. The summed E-state index contributed by atoms with van der Waals surface area (Å²) in [6.45, 7) is 13.8. The molecule has 6 heterocycles. The van der Waals surface area contributed by atoms with Crippen LogP contribution in [-0.4, -0.2) is 118 Å². The van der Waals surface area contributed by atoms with Crippen LogP contribution in [0.2, 0.25) is 0 Å². The van der Waals surface area contributed by atoms with Gasteiger partial charge in [-0.3, -0.25) is 14.8 Å². The lowest BCUT2D eigenvalue weighted by Gasteiger charge is -2.54. The van der Waals surface area contributed by atoms with Crippen molar-refractivity contribution < 1.29 is 27.8 Å². The van der Waals surface area contributed by atoms with Gasteiger partial charge in [-0.25, -0.2) is 4.98 Å². The fourth-order valence-corrected chi connectivity index (χ4v) is 9.44. The number of aromatic amines is 1. The van der Waals surface area contributed by atoms with Gasteiger partial charge in [0.1, 0.15) is 11.3 Å². The number of nitrogens with one attached hydrogen (secondary N) is 1. The summed E-state index contributed by atoms with van der Waals surface area (Å²) in [6.07, 6.45) is 3.05. The van der Waals surface area contributed by atoms with Crippen molar-refractivity contribution in [1.82, 2.24) is 30.0 Å². The number of halogens is 3. The van der Waals surface area contributed by atoms with Crippen LogP contribution in [0.3, 0.4) is 0 Å². The lowest BCUT2D eigenvalue weighted by Crippen LogP contribution is -2.61. The standard InChI is InChI=1S/C41H49F3N8O3/c1-5-32(53)52-21-40(22-52)11-14-49(15-12-40)37-29-16-28(25-7-8-25)34(33-24(2)6-9-31-30(33)17-45-48-31)36(55-23-41(42,43)44)35(29)46-38(47-37)51-19-27(20-51)50-13-10-26(18-50)39(3,4)54/h5-6,9,16-17,25-27,54H,1,7-8,10-15,18-23H2,2-4H3,(H,45,48)/t26-/m0/s1. The summed E-state index contributed by atoms with van der Waals surface area (Å²) >= 11 is 0. The molecule has 1 amide bonds. The average Bonchev–Trinajstić information content (AvgIpc) is 3.62. The normalized spacial score (nSPS) is 22.1. The van der Waals surface area contributed by atoms with E-state index in [2.05, 4.69) is 37.5 Å². The number of rotatable bonds is 9. The van der Waals surface area contributed by atoms with E-state index in [1.54, 1.807) is 6.20 Å². The summed E-state index contributed by atoms with van der Waals surface area (Å²) in [4.78, 5) is 31.3. The average molecular weight is 759 g/mol. The number of aryl methyl sites for hydroxylation is 1. The first-order chi connectivity index (χ1) is 26.2. The second-order valence-corrected chi connectivity index (χ2v) is 17.3. The number of carbonyl (C=O) groups is 1. The van der Waals surface area contributed by atoms with E-state index in [4.69, 9.17) is 14.7 Å². The molecule has 0 radical (unpaired) electrons. The summed E-state index contributed by atoms with van der Waals surface area (Å²) in [6, 6.07) is 6.30. The minimum absolute atomic E-state index is 0.0381. The lowest BCUT2D eigenvalue weighted by molar-refractivity contribution is -0.153. The van der Waals surface area contributed by atoms with Gasteiger partial charge in [0.15, 0.2) is 12.4 Å². The van der Waals surface area contributed by atoms with Crippen LogP contribution in [0.5, 0.6) is 5.75 Å². The van der Waals surface area contributed by atoms with Crippen LogP contribution in [0.1, 0.15) is 63.0 Å². The number of fused-ring (bicyclic) bond motifs is 2. The quantitative estimate of drug-likeness (QED) is 0.193. The predicted molar refractivity (Wildman–Crippen MR) is 206 cm³/mol. The maximum absolute atomic E-state index is 14.1. The number of aliphatic hydroxyl groups is 1. The van der Waals surface area contributed by atoms with Crippen molar-refractivity contribution in [2.24, 2.45) is 11.3 Å². The van der Waals surface area contributed by atoms with E-state index in [1.165, 1.54) is 6.08 Å². The number of hydrogen-bond acceptors (Lipinski definition) is 9. The number of nitrogens with zero attached hydrogens (tertiary/aromatic N) is 7. The van der Waals surface area contributed by atoms with Crippen LogP contribution >= 0.6 is 0 Å². The number of benzene rings is 2. The first-order valence-electron chi connectivity index (χ1n) is 19.6. The second kappa shape index (κ2) is 13.1. The van der Waals surface area contributed by atoms with E-state index in [0.717, 1.165) is 72.8 Å². The summed E-state index contributed by atoms with van der Waals surface area (Å²) < 4.78 is 48.4. The van der Waals surface area contributed by atoms with Gasteiger partial charge in [0.25, 0.3) is 0 Å². The topological polar surface area (TPSA) is 114 Å². The minimum Gasteiger partial charge on any atom is -0.481 e. The van der Waals surface area contributed by atoms with E-state index < -0.39 is 18.4 Å². The Kier molecular flexibility index (Phi) is 8.61. The molecule has 2 aromatic carbocycles. The van der Waals surface area contributed by atoms with Gasteiger partial charge in [0.05, 0.1) is 17.3 Å². The Hall–Kier alpha value is -4.43. The summed E-state index contributed by atoms with van der Waals surface area (Å²) in [5.74, 6) is 1.63. The van der Waals surface area contributed by atoms with Gasteiger partial charge in [-0.2, -0.15) is 23.3 Å². The molecular weight excluding hydrogens is 709 g/mol. The van der Waals surface area contributed by atoms with E-state index in [9.17, 15) is 23.1 Å². The van der Waals surface area contributed by atoms with E-state index >= 15 is 0 Å². The zero-order valence-corrected chi connectivity index (χ0v) is 31.8. The van der Waals surface area contributed by atoms with Crippen LogP contribution in [0.15, 0.2) is 37.1 Å². The third-order valence-electron chi connectivity index (χ3n) is 13.0. The second-order valence-electron chi connectivity index (χ2n) is 17.3. The zero-order valence-electron chi connectivity index (χ0n) is 31.8. The molecule has 4 saturated heterocycles. The summed E-state index contributed by atoms with van der Waals surface area (Å²) in [5.41, 5.74) is 3.77. The van der Waals surface area contributed by atoms with Crippen LogP contribution in [0.25, 0.3) is 32.9 Å². The van der Waals surface area contributed by atoms with Gasteiger partial charge in [0.2, 0.25) is 11.9 Å². The molecule has 292 valence electrons. The van der Waals surface area contributed by atoms with E-state index in [1.807, 2.05) is 37.8 Å². The van der Waals surface area contributed by atoms with Crippen molar-refractivity contribution in [1.29, 1.82) is 0 Å². The van der Waals surface area contributed by atoms with Crippen molar-refractivity contribution in [2.45, 2.75) is 76.6 Å². The molecule has 14 heteroatoms. The minimum atomic E-state index is -4.57. The number of ether oxygens (including phenoxy) is 1. The first kappa shape index (κ1) is 36.2. The molecule has 0 bridgehead atoms. The number of amides is 1. The molecule has 4 aliphatic heterocycles. The Labute approximate surface area is 318 Å². The maximum atomic E-state index is 14.1. The molecule has 0 unspecified atom stereocenters. The number of piperidine rings is 1. The molecular formula is C41H49F3N8O3. The van der Waals surface area contributed by atoms with Crippen LogP contribution in [-0.2, 0) is 4.79 Å². The van der Waals surface area contributed by atoms with E-state index in [0.29, 0.717) is 67.5 Å². The Morgan fingerprint density at radius 3 is 2.44 bits per heavy atom. The molecule has 9 rings (SSSR count). The molecule has 4 aromatic rings. The largest absolute Gasteiger partial charge is 0.481 e. The van der Waals surface area contributed by atoms with Gasteiger partial charge in [-0.15, -0.1) is 0 Å². The molecule has 5 fully saturated rings. The number of alkyl halides is 3. The number of carbonyl (C=O) groups excluding carboxylic acids is 1. The highest BCUT2D eigenvalue weighted by Gasteiger charge is 2.47. The summed E-state index contributed by atoms with van der Waals surface area (Å²) in [5, 5.41) is 19.5. The number of aromatic nitrogens is 4. The SMILES string of the molecule is C=CC(=O)N1CC2(CCN(c3nc(N4CC(N5CC[C@H](C(C)(C)O)C5)C4)nc4c(OCC(F)(F)F)c(-c5c(C)ccc6[nH]ncc56)c(C5CC5)cc34)CC2)C1. The fourth-order valence-electron chi connectivity index (χ4n) is 9.44. The van der Waals surface area contributed by atoms with Crippen molar-refractivity contribution in [3.63, 3.8) is 0 Å². The van der Waals surface area contributed by atoms with Crippen molar-refractivity contribution >= 4 is 39.5 Å². The molecule has 2 aromatic heterocycles. The van der Waals surface area contributed by atoms with Crippen molar-refractivity contribution in [3.05, 3.63) is 48.2 Å². The van der Waals surface area contributed by atoms with Gasteiger partial charge in [0, 0.05) is 79.5 Å². The Morgan fingerprint density at radius 1 is 1.04 bits per heavy atom. The molecule has 1 saturated carbocycles. The van der Waals surface area contributed by atoms with Gasteiger partial charge in [-0.05, 0) is 100 Å². The highest BCUT2D eigenvalue weighted by molar-refractivity contribution is 6.06. The van der Waals surface area contributed by atoms with Crippen LogP contribution in [0.4, 0.5) is 24.9 Å². The third kappa shape index (κ3) is 6.58. The number of H-pyrrole nitrogens is 1. The molecule has 1 aliphatic carbocycles. The van der Waals surface area contributed by atoms with E-state index in [-0.39, 0.29) is 34.9 Å². The highest BCUT2D eigenvalue weighted by Crippen LogP contribution is 2.53. The van der Waals surface area contributed by atoms with Crippen LogP contribution < -0.4 is 14.5 Å². The first-order valence-corrected chi connectivity index (χ1v) is 19.6. The summed E-state index contributed by atoms with van der Waals surface area (Å²) in [7, 11) is 0. The molecule has 11 nitrogen and oxygen atoms in total. The van der Waals surface area contributed by atoms with Gasteiger partial charge >= 0.3 is 6.18 Å². The molecule has 55 heavy (non-hydrogen) atoms. The predicted octanol–water partition coefficient (Wildman–Crippen LogP) is 6.20. The number of hydrogen-bond donors (Lipinski definition) is 2. The van der Waals surface area contributed by atoms with Crippen LogP contribution in [0, 0.1) is 18.3 Å². The van der Waals surface area contributed by atoms with Crippen molar-refractivity contribution in [2.75, 3.05) is 68.8 Å². The molecule has 2 N–H and O–H groups in total. The monoisotopic (exact) mass is 758 g/mol. The zero-order chi connectivity index (χ0) is 38.4. The van der Waals surface area contributed by atoms with Gasteiger partial charge in [-0.1, -0.05) is 12.6 Å². The molecule has 5 aliphatic rings. The highest BCUT2D eigenvalue weighted by atomic mass is 19.4. The molecule has 1 spiro atoms. The molecule has 1 atom stereocenters. The van der Waals surface area contributed by atoms with Gasteiger partial charge < -0.3 is 24.5 Å². The Balaban J connectivity index is 1.15. The fraction of sp³-hybridized carbons (Fsp3) is 0.561. The number of likely N-dealkylation sites (tertiary alicyclic amines) is 2. The Bertz CT molecular complexity index is 2150. The lowest BCUT2D eigenvalue weighted by atomic mass is 9.72. The van der Waals surface area contributed by atoms with Crippen molar-refractivity contribution in [3.8, 4) is 16.9 Å². The smallest absolute Gasteiger partial charge is 0.422 e. The Morgan fingerprint density at radius 2 is 1.78 bits per heavy atom. The number of anilines is 2.